The third-order valence-electron chi connectivity index (χ3n) is 4.18. The van der Waals surface area contributed by atoms with Crippen molar-refractivity contribution in [3.8, 4) is 0 Å². The van der Waals surface area contributed by atoms with Gasteiger partial charge in [-0.3, -0.25) is 14.4 Å². The molecule has 0 amide bonds. The zero-order valence-electron chi connectivity index (χ0n) is 9.48. The average Bonchev–Trinajstić information content (AvgIpc) is 2.84. The van der Waals surface area contributed by atoms with E-state index in [9.17, 15) is 4.79 Å². The van der Waals surface area contributed by atoms with Gasteiger partial charge >= 0.3 is 5.76 Å². The van der Waals surface area contributed by atoms with Crippen LogP contribution in [0.4, 0.5) is 0 Å². The summed E-state index contributed by atoms with van der Waals surface area (Å²) in [6, 6.07) is 0.901. The molecule has 88 valence electrons. The number of aromatic amines is 1. The molecule has 3 rings (SSSR count). The van der Waals surface area contributed by atoms with Gasteiger partial charge in [-0.2, -0.15) is 0 Å². The lowest BCUT2D eigenvalue weighted by Gasteiger charge is -2.30. The first-order valence-corrected chi connectivity index (χ1v) is 6.03. The standard InChI is InChI=1S/C11H17N3O2/c1-14-8-5-3-2-4-7(8)6-9(14)10-12-11(15)16-13-10/h7-9H,2-6H2,1H3,(H,12,13,15)/t7-,8-,9-/m0/s1. The maximum absolute atomic E-state index is 11.0. The second-order valence-corrected chi connectivity index (χ2v) is 5.01. The van der Waals surface area contributed by atoms with Gasteiger partial charge in [-0.25, -0.2) is 4.79 Å². The van der Waals surface area contributed by atoms with Crippen LogP contribution in [0.15, 0.2) is 9.32 Å². The molecule has 0 bridgehead atoms. The van der Waals surface area contributed by atoms with Crippen LogP contribution in [0, 0.1) is 5.92 Å². The van der Waals surface area contributed by atoms with Gasteiger partial charge in [-0.15, -0.1) is 0 Å². The molecule has 2 heterocycles. The van der Waals surface area contributed by atoms with Crippen LogP contribution in [0.5, 0.6) is 0 Å². The number of H-pyrrole nitrogens is 1. The van der Waals surface area contributed by atoms with Crippen LogP contribution in [-0.2, 0) is 0 Å². The SMILES string of the molecule is CN1[C@H](c2noc(=O)[nH]2)C[C@@H]2CCCC[C@@H]21. The van der Waals surface area contributed by atoms with Crippen molar-refractivity contribution in [1.82, 2.24) is 15.0 Å². The van der Waals surface area contributed by atoms with E-state index < -0.39 is 5.76 Å². The van der Waals surface area contributed by atoms with E-state index in [2.05, 4.69) is 26.6 Å². The molecule has 1 aliphatic carbocycles. The minimum Gasteiger partial charge on any atom is -0.296 e. The molecule has 16 heavy (non-hydrogen) atoms. The Kier molecular flexibility index (Phi) is 2.35. The summed E-state index contributed by atoms with van der Waals surface area (Å²) < 4.78 is 4.59. The number of aromatic nitrogens is 2. The molecule has 1 aromatic rings. The van der Waals surface area contributed by atoms with Crippen LogP contribution in [0.1, 0.15) is 44.0 Å². The molecule has 1 aromatic heterocycles. The normalized spacial score (nSPS) is 35.2. The molecule has 1 aliphatic heterocycles. The summed E-state index contributed by atoms with van der Waals surface area (Å²) in [7, 11) is 2.13. The lowest BCUT2D eigenvalue weighted by Crippen LogP contribution is -2.32. The first kappa shape index (κ1) is 10.1. The maximum atomic E-state index is 11.0. The van der Waals surface area contributed by atoms with Gasteiger partial charge in [0.2, 0.25) is 0 Å². The van der Waals surface area contributed by atoms with Gasteiger partial charge in [0.1, 0.15) is 0 Å². The largest absolute Gasteiger partial charge is 0.438 e. The first-order chi connectivity index (χ1) is 7.75. The van der Waals surface area contributed by atoms with Gasteiger partial charge in [-0.1, -0.05) is 18.0 Å². The van der Waals surface area contributed by atoms with Gasteiger partial charge in [0.05, 0.1) is 6.04 Å². The Bertz CT molecular complexity index is 425. The Labute approximate surface area is 93.8 Å². The number of nitrogens with zero attached hydrogens (tertiary/aromatic N) is 2. The third-order valence-corrected chi connectivity index (χ3v) is 4.18. The topological polar surface area (TPSA) is 62.1 Å². The Hall–Kier alpha value is -1.10. The molecule has 2 fully saturated rings. The fourth-order valence-corrected chi connectivity index (χ4v) is 3.37. The number of likely N-dealkylation sites (tertiary alicyclic amines) is 1. The summed E-state index contributed by atoms with van der Waals surface area (Å²) in [4.78, 5) is 16.0. The molecule has 3 atom stereocenters. The Balaban J connectivity index is 1.85. The smallest absolute Gasteiger partial charge is 0.296 e. The van der Waals surface area contributed by atoms with Crippen LogP contribution < -0.4 is 5.76 Å². The molecule has 0 radical (unpaired) electrons. The number of hydrogen-bond acceptors (Lipinski definition) is 4. The van der Waals surface area contributed by atoms with E-state index in [1.54, 1.807) is 0 Å². The molecule has 1 saturated carbocycles. The minimum absolute atomic E-state index is 0.236. The van der Waals surface area contributed by atoms with E-state index in [-0.39, 0.29) is 6.04 Å². The van der Waals surface area contributed by atoms with Crippen molar-refractivity contribution in [2.75, 3.05) is 7.05 Å². The fraction of sp³-hybridized carbons (Fsp3) is 0.818. The highest BCUT2D eigenvalue weighted by molar-refractivity contribution is 5.02. The Morgan fingerprint density at radius 3 is 2.94 bits per heavy atom. The van der Waals surface area contributed by atoms with Crippen molar-refractivity contribution in [2.24, 2.45) is 5.92 Å². The van der Waals surface area contributed by atoms with Gasteiger partial charge in [0.15, 0.2) is 5.82 Å². The van der Waals surface area contributed by atoms with Gasteiger partial charge in [0.25, 0.3) is 0 Å². The summed E-state index contributed by atoms with van der Waals surface area (Å²) in [5, 5.41) is 3.82. The predicted octanol–water partition coefficient (Wildman–Crippen LogP) is 1.30. The van der Waals surface area contributed by atoms with Crippen molar-refractivity contribution in [3.63, 3.8) is 0 Å². The van der Waals surface area contributed by atoms with Crippen molar-refractivity contribution in [2.45, 2.75) is 44.2 Å². The highest BCUT2D eigenvalue weighted by atomic mass is 16.5. The zero-order valence-corrected chi connectivity index (χ0v) is 9.48. The van der Waals surface area contributed by atoms with E-state index in [1.807, 2.05) is 0 Å². The summed E-state index contributed by atoms with van der Waals surface area (Å²) in [5.41, 5.74) is 0. The molecule has 1 saturated heterocycles. The van der Waals surface area contributed by atoms with E-state index in [1.165, 1.54) is 25.7 Å². The van der Waals surface area contributed by atoms with Crippen molar-refractivity contribution < 1.29 is 4.52 Å². The number of nitrogens with one attached hydrogen (secondary N) is 1. The van der Waals surface area contributed by atoms with Crippen LogP contribution in [-0.4, -0.2) is 28.1 Å². The molecule has 2 aliphatic rings. The zero-order chi connectivity index (χ0) is 11.1. The number of fused-ring (bicyclic) bond motifs is 1. The number of rotatable bonds is 1. The van der Waals surface area contributed by atoms with E-state index in [4.69, 9.17) is 0 Å². The summed E-state index contributed by atoms with van der Waals surface area (Å²) in [5.74, 6) is 1.02. The molecule has 0 aromatic carbocycles. The van der Waals surface area contributed by atoms with Crippen molar-refractivity contribution in [3.05, 3.63) is 16.4 Å². The third kappa shape index (κ3) is 1.50. The van der Waals surface area contributed by atoms with Gasteiger partial charge in [0, 0.05) is 6.04 Å². The molecular formula is C11H17N3O2. The highest BCUT2D eigenvalue weighted by Gasteiger charge is 2.41. The van der Waals surface area contributed by atoms with Crippen LogP contribution in [0.25, 0.3) is 0 Å². The quantitative estimate of drug-likeness (QED) is 0.779. The molecule has 0 unspecified atom stereocenters. The van der Waals surface area contributed by atoms with Crippen LogP contribution in [0.3, 0.4) is 0 Å². The van der Waals surface area contributed by atoms with Crippen molar-refractivity contribution >= 4 is 0 Å². The average molecular weight is 223 g/mol. The van der Waals surface area contributed by atoms with Crippen LogP contribution >= 0.6 is 0 Å². The second-order valence-electron chi connectivity index (χ2n) is 5.01. The van der Waals surface area contributed by atoms with Crippen molar-refractivity contribution in [1.29, 1.82) is 0 Å². The minimum atomic E-state index is -0.446. The maximum Gasteiger partial charge on any atom is 0.438 e. The number of hydrogen-bond donors (Lipinski definition) is 1. The lowest BCUT2D eigenvalue weighted by atomic mass is 9.85. The summed E-state index contributed by atoms with van der Waals surface area (Å²) >= 11 is 0. The molecular weight excluding hydrogens is 206 g/mol. The highest BCUT2D eigenvalue weighted by Crippen LogP contribution is 2.43. The molecule has 1 N–H and O–H groups in total. The van der Waals surface area contributed by atoms with E-state index in [0.717, 1.165) is 12.3 Å². The monoisotopic (exact) mass is 223 g/mol. The van der Waals surface area contributed by atoms with E-state index in [0.29, 0.717) is 11.9 Å². The molecule has 5 heteroatoms. The predicted molar refractivity (Wildman–Crippen MR) is 58.0 cm³/mol. The molecule has 5 nitrogen and oxygen atoms in total. The van der Waals surface area contributed by atoms with E-state index >= 15 is 0 Å². The fourth-order valence-electron chi connectivity index (χ4n) is 3.37. The Morgan fingerprint density at radius 1 is 1.44 bits per heavy atom. The second kappa shape index (κ2) is 3.73. The lowest BCUT2D eigenvalue weighted by molar-refractivity contribution is 0.182. The first-order valence-electron chi connectivity index (χ1n) is 6.03. The van der Waals surface area contributed by atoms with Gasteiger partial charge < -0.3 is 0 Å². The summed E-state index contributed by atoms with van der Waals surface area (Å²) in [6.45, 7) is 0. The van der Waals surface area contributed by atoms with Gasteiger partial charge in [-0.05, 0) is 32.2 Å². The molecule has 0 spiro atoms. The Morgan fingerprint density at radius 2 is 2.25 bits per heavy atom. The van der Waals surface area contributed by atoms with Crippen LogP contribution in [0.2, 0.25) is 0 Å². The summed E-state index contributed by atoms with van der Waals surface area (Å²) in [6.07, 6.45) is 6.36.